The van der Waals surface area contributed by atoms with E-state index in [2.05, 4.69) is 20.3 Å². The Morgan fingerprint density at radius 2 is 1.95 bits per heavy atom. The average Bonchev–Trinajstić information content (AvgIpc) is 2.98. The van der Waals surface area contributed by atoms with Gasteiger partial charge >= 0.3 is 5.97 Å². The lowest BCUT2D eigenvalue weighted by atomic mass is 10.2. The number of nitrogens with zero attached hydrogens (tertiary/aromatic N) is 1. The van der Waals surface area contributed by atoms with Gasteiger partial charge in [-0.05, 0) is 24.3 Å². The van der Waals surface area contributed by atoms with Crippen LogP contribution >= 0.6 is 0 Å². The third-order valence-electron chi connectivity index (χ3n) is 3.23. The molecule has 0 fully saturated rings. The van der Waals surface area contributed by atoms with Gasteiger partial charge in [-0.25, -0.2) is 4.79 Å². The van der Waals surface area contributed by atoms with Crippen molar-refractivity contribution >= 4 is 28.5 Å². The second-order valence-corrected chi connectivity index (χ2v) is 4.64. The molecule has 3 aromatic rings. The van der Waals surface area contributed by atoms with Gasteiger partial charge in [-0.1, -0.05) is 24.3 Å². The Labute approximate surface area is 126 Å². The molecule has 0 saturated heterocycles. The first-order valence-electron chi connectivity index (χ1n) is 6.62. The number of H-pyrrole nitrogens is 1. The predicted molar refractivity (Wildman–Crippen MR) is 81.8 cm³/mol. The molecule has 3 rings (SSSR count). The number of fused-ring (bicyclic) bond motifs is 1. The maximum atomic E-state index is 12.3. The molecule has 1 aromatic heterocycles. The molecule has 110 valence electrons. The number of anilines is 1. The average molecular weight is 295 g/mol. The van der Waals surface area contributed by atoms with Crippen molar-refractivity contribution in [2.24, 2.45) is 0 Å². The Kier molecular flexibility index (Phi) is 3.57. The first-order chi connectivity index (χ1) is 10.7. The summed E-state index contributed by atoms with van der Waals surface area (Å²) in [6.45, 7) is 0. The number of aromatic amines is 1. The number of ether oxygens (including phenoxy) is 1. The standard InChI is InChI=1S/C16H13N3O3/c1-22-16(21)10-5-4-6-11(9-10)17-15(20)14-12-7-2-3-8-13(12)18-19-14/h2-9H,1H3,(H,17,20)(H,18,19). The summed E-state index contributed by atoms with van der Waals surface area (Å²) in [5, 5.41) is 10.3. The number of hydrogen-bond donors (Lipinski definition) is 2. The maximum absolute atomic E-state index is 12.3. The van der Waals surface area contributed by atoms with Crippen molar-refractivity contribution in [2.45, 2.75) is 0 Å². The van der Waals surface area contributed by atoms with Gasteiger partial charge in [-0.15, -0.1) is 0 Å². The van der Waals surface area contributed by atoms with E-state index in [1.54, 1.807) is 24.3 Å². The smallest absolute Gasteiger partial charge is 0.337 e. The molecule has 0 unspecified atom stereocenters. The zero-order valence-corrected chi connectivity index (χ0v) is 11.8. The van der Waals surface area contributed by atoms with E-state index in [1.165, 1.54) is 7.11 Å². The molecule has 6 heteroatoms. The molecule has 0 radical (unpaired) electrons. The van der Waals surface area contributed by atoms with Gasteiger partial charge in [-0.2, -0.15) is 5.10 Å². The molecule has 0 spiro atoms. The summed E-state index contributed by atoms with van der Waals surface area (Å²) in [5.41, 5.74) is 1.96. The molecule has 22 heavy (non-hydrogen) atoms. The van der Waals surface area contributed by atoms with E-state index in [0.717, 1.165) is 10.9 Å². The molecule has 0 aliphatic carbocycles. The number of benzene rings is 2. The Morgan fingerprint density at radius 1 is 1.14 bits per heavy atom. The summed E-state index contributed by atoms with van der Waals surface area (Å²) >= 11 is 0. The molecule has 6 nitrogen and oxygen atoms in total. The highest BCUT2D eigenvalue weighted by atomic mass is 16.5. The van der Waals surface area contributed by atoms with Gasteiger partial charge in [0.15, 0.2) is 5.69 Å². The third-order valence-corrected chi connectivity index (χ3v) is 3.23. The summed E-state index contributed by atoms with van der Waals surface area (Å²) in [4.78, 5) is 23.8. The fourth-order valence-electron chi connectivity index (χ4n) is 2.17. The van der Waals surface area contributed by atoms with E-state index in [1.807, 2.05) is 24.3 Å². The van der Waals surface area contributed by atoms with Crippen LogP contribution in [0.4, 0.5) is 5.69 Å². The fourth-order valence-corrected chi connectivity index (χ4v) is 2.17. The summed E-state index contributed by atoms with van der Waals surface area (Å²) in [6.07, 6.45) is 0. The molecular formula is C16H13N3O3. The van der Waals surface area contributed by atoms with E-state index >= 15 is 0 Å². The second-order valence-electron chi connectivity index (χ2n) is 4.64. The fraction of sp³-hybridized carbons (Fsp3) is 0.0625. The van der Waals surface area contributed by atoms with Gasteiger partial charge in [-0.3, -0.25) is 9.89 Å². The number of nitrogens with one attached hydrogen (secondary N) is 2. The Bertz CT molecular complexity index is 854. The highest BCUT2D eigenvalue weighted by Crippen LogP contribution is 2.17. The molecular weight excluding hydrogens is 282 g/mol. The predicted octanol–water partition coefficient (Wildman–Crippen LogP) is 2.60. The maximum Gasteiger partial charge on any atom is 0.337 e. The van der Waals surface area contributed by atoms with Crippen LogP contribution < -0.4 is 5.32 Å². The summed E-state index contributed by atoms with van der Waals surface area (Å²) in [6, 6.07) is 13.9. The minimum absolute atomic E-state index is 0.305. The van der Waals surface area contributed by atoms with Crippen LogP contribution in [0.15, 0.2) is 48.5 Å². The summed E-state index contributed by atoms with van der Waals surface area (Å²) < 4.78 is 4.66. The van der Waals surface area contributed by atoms with Crippen molar-refractivity contribution in [3.63, 3.8) is 0 Å². The normalized spacial score (nSPS) is 10.4. The number of rotatable bonds is 3. The summed E-state index contributed by atoms with van der Waals surface area (Å²) in [5.74, 6) is -0.805. The lowest BCUT2D eigenvalue weighted by Crippen LogP contribution is -2.13. The van der Waals surface area contributed by atoms with Crippen molar-refractivity contribution in [1.29, 1.82) is 0 Å². The number of esters is 1. The molecule has 2 N–H and O–H groups in total. The first kappa shape index (κ1) is 13.8. The van der Waals surface area contributed by atoms with E-state index in [4.69, 9.17) is 0 Å². The topological polar surface area (TPSA) is 84.1 Å². The van der Waals surface area contributed by atoms with Crippen molar-refractivity contribution in [2.75, 3.05) is 12.4 Å². The van der Waals surface area contributed by atoms with Crippen LogP contribution in [0, 0.1) is 0 Å². The van der Waals surface area contributed by atoms with Gasteiger partial charge in [0.1, 0.15) is 0 Å². The second kappa shape index (κ2) is 5.69. The zero-order chi connectivity index (χ0) is 15.5. The van der Waals surface area contributed by atoms with E-state index in [9.17, 15) is 9.59 Å². The van der Waals surface area contributed by atoms with E-state index in [0.29, 0.717) is 16.9 Å². The highest BCUT2D eigenvalue weighted by Gasteiger charge is 2.14. The van der Waals surface area contributed by atoms with Crippen LogP contribution in [0.5, 0.6) is 0 Å². The monoisotopic (exact) mass is 295 g/mol. The van der Waals surface area contributed by atoms with Gasteiger partial charge in [0.05, 0.1) is 18.2 Å². The molecule has 0 atom stereocenters. The van der Waals surface area contributed by atoms with E-state index < -0.39 is 5.97 Å². The minimum atomic E-state index is -0.457. The van der Waals surface area contributed by atoms with Gasteiger partial charge in [0, 0.05) is 11.1 Å². The van der Waals surface area contributed by atoms with Crippen LogP contribution in [0.3, 0.4) is 0 Å². The number of hydrogen-bond acceptors (Lipinski definition) is 4. The summed E-state index contributed by atoms with van der Waals surface area (Å²) in [7, 11) is 1.31. The first-order valence-corrected chi connectivity index (χ1v) is 6.62. The Hall–Kier alpha value is -3.15. The number of methoxy groups -OCH3 is 1. The van der Waals surface area contributed by atoms with Gasteiger partial charge in [0.2, 0.25) is 0 Å². The molecule has 0 saturated carbocycles. The number of carbonyl (C=O) groups is 2. The lowest BCUT2D eigenvalue weighted by Gasteiger charge is -2.05. The van der Waals surface area contributed by atoms with Crippen molar-refractivity contribution in [3.05, 3.63) is 59.8 Å². The highest BCUT2D eigenvalue weighted by molar-refractivity contribution is 6.11. The van der Waals surface area contributed by atoms with Gasteiger partial charge < -0.3 is 10.1 Å². The van der Waals surface area contributed by atoms with Crippen LogP contribution in [0.25, 0.3) is 10.9 Å². The van der Waals surface area contributed by atoms with Crippen molar-refractivity contribution < 1.29 is 14.3 Å². The number of carbonyl (C=O) groups excluding carboxylic acids is 2. The Morgan fingerprint density at radius 3 is 2.77 bits per heavy atom. The quantitative estimate of drug-likeness (QED) is 0.727. The minimum Gasteiger partial charge on any atom is -0.465 e. The van der Waals surface area contributed by atoms with Crippen LogP contribution in [-0.4, -0.2) is 29.2 Å². The van der Waals surface area contributed by atoms with E-state index in [-0.39, 0.29) is 5.91 Å². The van der Waals surface area contributed by atoms with Crippen LogP contribution in [0.2, 0.25) is 0 Å². The van der Waals surface area contributed by atoms with Crippen molar-refractivity contribution in [1.82, 2.24) is 10.2 Å². The zero-order valence-electron chi connectivity index (χ0n) is 11.8. The van der Waals surface area contributed by atoms with Crippen LogP contribution in [-0.2, 0) is 4.74 Å². The lowest BCUT2D eigenvalue weighted by molar-refractivity contribution is 0.0600. The third kappa shape index (κ3) is 2.54. The molecule has 2 aromatic carbocycles. The van der Waals surface area contributed by atoms with Crippen molar-refractivity contribution in [3.8, 4) is 0 Å². The SMILES string of the molecule is COC(=O)c1cccc(NC(=O)c2n[nH]c3ccccc23)c1. The van der Waals surface area contributed by atoms with Crippen LogP contribution in [0.1, 0.15) is 20.8 Å². The molecule has 0 bridgehead atoms. The largest absolute Gasteiger partial charge is 0.465 e. The molecule has 0 aliphatic heterocycles. The number of aromatic nitrogens is 2. The number of amides is 1. The molecule has 1 heterocycles. The van der Waals surface area contributed by atoms with Gasteiger partial charge in [0.25, 0.3) is 5.91 Å². The number of para-hydroxylation sites is 1. The molecule has 1 amide bonds. The Balaban J connectivity index is 1.87. The molecule has 0 aliphatic rings.